The molecule has 0 saturated carbocycles. The van der Waals surface area contributed by atoms with Gasteiger partial charge in [0, 0.05) is 31.1 Å². The van der Waals surface area contributed by atoms with Gasteiger partial charge >= 0.3 is 6.18 Å². The van der Waals surface area contributed by atoms with Crippen molar-refractivity contribution in [1.82, 2.24) is 14.9 Å². The minimum Gasteiger partial charge on any atom is -0.494 e. The van der Waals surface area contributed by atoms with E-state index in [0.717, 1.165) is 37.0 Å². The van der Waals surface area contributed by atoms with E-state index in [1.165, 1.54) is 37.6 Å². The fraction of sp³-hybridized carbons (Fsp3) is 0.320. The van der Waals surface area contributed by atoms with E-state index in [1.807, 2.05) is 11.9 Å². The van der Waals surface area contributed by atoms with E-state index in [-0.39, 0.29) is 23.1 Å². The standard InChI is InChI=1S/C25H25F4N5O3S/c1-33-7-9-34(10-8-33)24-31-13-21(23(32-24)37-14-15-3-6-19(26)20(11-15)36-2)38-16-4-5-17(22(30)35)18(12-16)25(27,28)29/h3-6,11-13H,7-10,14H2,1-2H3,(H2,30,35). The Balaban J connectivity index is 1.65. The average molecular weight is 552 g/mol. The Morgan fingerprint density at radius 3 is 2.53 bits per heavy atom. The molecule has 0 atom stereocenters. The van der Waals surface area contributed by atoms with Crippen LogP contribution >= 0.6 is 11.8 Å². The van der Waals surface area contributed by atoms with E-state index in [4.69, 9.17) is 15.2 Å². The Bertz CT molecular complexity index is 1320. The Hall–Kier alpha value is -3.58. The average Bonchev–Trinajstić information content (AvgIpc) is 2.88. The van der Waals surface area contributed by atoms with Crippen LogP contribution in [0.5, 0.6) is 11.6 Å². The first-order valence-electron chi connectivity index (χ1n) is 11.5. The first-order chi connectivity index (χ1) is 18.0. The minimum atomic E-state index is -4.77. The highest BCUT2D eigenvalue weighted by molar-refractivity contribution is 7.99. The molecule has 13 heteroatoms. The highest BCUT2D eigenvalue weighted by Crippen LogP contribution is 2.39. The van der Waals surface area contributed by atoms with Gasteiger partial charge in [-0.15, -0.1) is 0 Å². The fourth-order valence-electron chi connectivity index (χ4n) is 3.79. The number of nitrogens with zero attached hydrogens (tertiary/aromatic N) is 4. The van der Waals surface area contributed by atoms with Crippen LogP contribution in [0.4, 0.5) is 23.5 Å². The number of hydrogen-bond acceptors (Lipinski definition) is 8. The zero-order chi connectivity index (χ0) is 27.4. The van der Waals surface area contributed by atoms with Crippen molar-refractivity contribution in [2.45, 2.75) is 22.6 Å². The Kier molecular flexibility index (Phi) is 8.26. The molecule has 1 amide bonds. The normalized spacial score (nSPS) is 14.4. The lowest BCUT2D eigenvalue weighted by molar-refractivity contribution is -0.138. The largest absolute Gasteiger partial charge is 0.494 e. The topological polar surface area (TPSA) is 93.8 Å². The number of likely N-dealkylation sites (N-methyl/N-ethyl adjacent to an activating group) is 1. The van der Waals surface area contributed by atoms with Crippen molar-refractivity contribution in [3.8, 4) is 11.6 Å². The minimum absolute atomic E-state index is 0.00218. The molecule has 2 N–H and O–H groups in total. The smallest absolute Gasteiger partial charge is 0.417 e. The number of nitrogens with two attached hydrogens (primary N) is 1. The van der Waals surface area contributed by atoms with Gasteiger partial charge in [0.25, 0.3) is 0 Å². The fourth-order valence-corrected chi connectivity index (χ4v) is 4.65. The zero-order valence-corrected chi connectivity index (χ0v) is 21.4. The number of piperazine rings is 1. The third kappa shape index (κ3) is 6.45. The Morgan fingerprint density at radius 1 is 1.13 bits per heavy atom. The van der Waals surface area contributed by atoms with E-state index < -0.39 is 29.0 Å². The van der Waals surface area contributed by atoms with Gasteiger partial charge in [0.05, 0.1) is 29.3 Å². The molecular formula is C25H25F4N5O3S. The van der Waals surface area contributed by atoms with Crippen molar-refractivity contribution < 1.29 is 31.8 Å². The quantitative estimate of drug-likeness (QED) is 0.416. The lowest BCUT2D eigenvalue weighted by atomic mass is 10.1. The molecule has 2 aromatic carbocycles. The van der Waals surface area contributed by atoms with Crippen molar-refractivity contribution in [3.63, 3.8) is 0 Å². The van der Waals surface area contributed by atoms with Crippen LogP contribution < -0.4 is 20.1 Å². The summed E-state index contributed by atoms with van der Waals surface area (Å²) in [4.78, 5) is 25.2. The molecule has 38 heavy (non-hydrogen) atoms. The predicted molar refractivity (Wildman–Crippen MR) is 133 cm³/mol. The third-order valence-corrected chi connectivity index (χ3v) is 6.87. The summed E-state index contributed by atoms with van der Waals surface area (Å²) in [5, 5.41) is 0. The highest BCUT2D eigenvalue weighted by Gasteiger charge is 2.35. The zero-order valence-electron chi connectivity index (χ0n) is 20.6. The number of benzene rings is 2. The van der Waals surface area contributed by atoms with Crippen LogP contribution in [0.3, 0.4) is 0 Å². The van der Waals surface area contributed by atoms with Gasteiger partial charge in [-0.3, -0.25) is 4.79 Å². The molecule has 3 aromatic rings. The van der Waals surface area contributed by atoms with Crippen LogP contribution in [0, 0.1) is 5.82 Å². The molecule has 202 valence electrons. The number of aromatic nitrogens is 2. The number of halogens is 4. The second kappa shape index (κ2) is 11.4. The van der Waals surface area contributed by atoms with Crippen molar-refractivity contribution >= 4 is 23.6 Å². The van der Waals surface area contributed by atoms with Gasteiger partial charge in [-0.05, 0) is 42.9 Å². The van der Waals surface area contributed by atoms with Crippen LogP contribution in [-0.2, 0) is 12.8 Å². The molecule has 0 bridgehead atoms. The Morgan fingerprint density at radius 2 is 1.87 bits per heavy atom. The number of amides is 1. The number of methoxy groups -OCH3 is 1. The van der Waals surface area contributed by atoms with Crippen molar-refractivity contribution in [2.24, 2.45) is 5.73 Å². The molecule has 0 unspecified atom stereocenters. The lowest BCUT2D eigenvalue weighted by Crippen LogP contribution is -2.45. The maximum Gasteiger partial charge on any atom is 0.417 e. The molecular weight excluding hydrogens is 526 g/mol. The van der Waals surface area contributed by atoms with E-state index in [9.17, 15) is 22.4 Å². The van der Waals surface area contributed by atoms with E-state index in [1.54, 1.807) is 0 Å². The van der Waals surface area contributed by atoms with Crippen LogP contribution in [-0.4, -0.2) is 61.1 Å². The lowest BCUT2D eigenvalue weighted by Gasteiger charge is -2.32. The van der Waals surface area contributed by atoms with Crippen LogP contribution in [0.15, 0.2) is 52.4 Å². The maximum atomic E-state index is 13.8. The van der Waals surface area contributed by atoms with Gasteiger partial charge in [-0.2, -0.15) is 18.2 Å². The summed E-state index contributed by atoms with van der Waals surface area (Å²) >= 11 is 0.952. The first kappa shape index (κ1) is 27.5. The summed E-state index contributed by atoms with van der Waals surface area (Å²) in [7, 11) is 3.37. The molecule has 0 spiro atoms. The number of rotatable bonds is 8. The van der Waals surface area contributed by atoms with Gasteiger partial charge in [0.15, 0.2) is 11.6 Å². The summed E-state index contributed by atoms with van der Waals surface area (Å²) in [5.41, 5.74) is 3.98. The summed E-state index contributed by atoms with van der Waals surface area (Å²) in [5.74, 6) is -1.07. The van der Waals surface area contributed by atoms with Crippen molar-refractivity contribution in [1.29, 1.82) is 0 Å². The maximum absolute atomic E-state index is 13.8. The van der Waals surface area contributed by atoms with Gasteiger partial charge in [-0.1, -0.05) is 17.8 Å². The number of hydrogen-bond donors (Lipinski definition) is 1. The molecule has 1 aliphatic rings. The third-order valence-electron chi connectivity index (χ3n) is 5.88. The van der Waals surface area contributed by atoms with Crippen molar-refractivity contribution in [2.75, 3.05) is 45.2 Å². The van der Waals surface area contributed by atoms with Crippen LogP contribution in [0.2, 0.25) is 0 Å². The van der Waals surface area contributed by atoms with E-state index >= 15 is 0 Å². The van der Waals surface area contributed by atoms with Crippen molar-refractivity contribution in [3.05, 3.63) is 65.1 Å². The van der Waals surface area contributed by atoms with E-state index in [2.05, 4.69) is 14.9 Å². The molecule has 1 saturated heterocycles. The molecule has 8 nitrogen and oxygen atoms in total. The number of carbonyl (C=O) groups is 1. The summed E-state index contributed by atoms with van der Waals surface area (Å²) in [6.07, 6.45) is -3.29. The van der Waals surface area contributed by atoms with Gasteiger partial charge in [-0.25, -0.2) is 9.37 Å². The molecule has 0 radical (unpaired) electrons. The molecule has 4 rings (SSSR count). The molecule has 1 aliphatic heterocycles. The number of ether oxygens (including phenoxy) is 2. The summed E-state index contributed by atoms with van der Waals surface area (Å²) < 4.78 is 65.5. The summed E-state index contributed by atoms with van der Waals surface area (Å²) in [6.45, 7) is 3.02. The first-order valence-corrected chi connectivity index (χ1v) is 12.3. The number of primary amides is 1. The molecule has 0 aliphatic carbocycles. The van der Waals surface area contributed by atoms with Gasteiger partial charge < -0.3 is 25.0 Å². The Labute approximate surface area is 220 Å². The molecule has 1 fully saturated rings. The number of alkyl halides is 3. The monoisotopic (exact) mass is 551 g/mol. The summed E-state index contributed by atoms with van der Waals surface area (Å²) in [6, 6.07) is 7.53. The molecule has 1 aromatic heterocycles. The second-order valence-corrected chi connectivity index (χ2v) is 9.67. The SMILES string of the molecule is COc1cc(COc2nc(N3CCN(C)CC3)ncc2Sc2ccc(C(N)=O)c(C(F)(F)F)c2)ccc1F. The predicted octanol–water partition coefficient (Wildman–Crippen LogP) is 4.22. The van der Waals surface area contributed by atoms with Crippen LogP contribution in [0.1, 0.15) is 21.5 Å². The number of carbonyl (C=O) groups excluding carboxylic acids is 1. The van der Waals surface area contributed by atoms with Gasteiger partial charge in [0.2, 0.25) is 17.7 Å². The van der Waals surface area contributed by atoms with Crippen LogP contribution in [0.25, 0.3) is 0 Å². The second-order valence-electron chi connectivity index (χ2n) is 8.56. The highest BCUT2D eigenvalue weighted by atomic mass is 32.2. The molecule has 2 heterocycles. The number of anilines is 1. The van der Waals surface area contributed by atoms with Gasteiger partial charge in [0.1, 0.15) is 6.61 Å². The van der Waals surface area contributed by atoms with E-state index in [0.29, 0.717) is 29.5 Å².